The van der Waals surface area contributed by atoms with Crippen molar-refractivity contribution < 1.29 is 9.53 Å². The van der Waals surface area contributed by atoms with E-state index in [4.69, 9.17) is 33.7 Å². The van der Waals surface area contributed by atoms with Gasteiger partial charge in [0, 0.05) is 11.8 Å². The largest absolute Gasteiger partial charge is 0.423 e. The number of hydrogen-bond donors (Lipinski definition) is 1. The van der Waals surface area contributed by atoms with Gasteiger partial charge in [-0.1, -0.05) is 29.3 Å². The molecule has 2 N–H and O–H groups in total. The average Bonchev–Trinajstić information content (AvgIpc) is 2.37. The number of nitrogens with two attached hydrogens (primary N) is 1. The zero-order chi connectivity index (χ0) is 14.0. The maximum Gasteiger partial charge on any atom is 0.343 e. The summed E-state index contributed by atoms with van der Waals surface area (Å²) in [7, 11) is 0. The lowest BCUT2D eigenvalue weighted by atomic mass is 10.1. The Labute approximate surface area is 120 Å². The van der Waals surface area contributed by atoms with Crippen LogP contribution in [-0.4, -0.2) is 5.97 Å². The van der Waals surface area contributed by atoms with Crippen LogP contribution in [0.2, 0.25) is 10.0 Å². The molecule has 2 aromatic carbocycles. The van der Waals surface area contributed by atoms with Crippen LogP contribution in [0.25, 0.3) is 0 Å². The number of esters is 1. The minimum Gasteiger partial charge on any atom is -0.423 e. The van der Waals surface area contributed by atoms with Crippen LogP contribution in [0, 0.1) is 6.92 Å². The van der Waals surface area contributed by atoms with E-state index in [1.54, 1.807) is 30.3 Å². The minimum atomic E-state index is -0.495. The number of halogens is 2. The van der Waals surface area contributed by atoms with Crippen LogP contribution in [0.15, 0.2) is 36.4 Å². The molecule has 2 aromatic rings. The van der Waals surface area contributed by atoms with Crippen molar-refractivity contribution in [1.82, 2.24) is 0 Å². The normalized spacial score (nSPS) is 10.3. The van der Waals surface area contributed by atoms with E-state index in [1.165, 1.54) is 6.07 Å². The third kappa shape index (κ3) is 3.19. The number of carbonyl (C=O) groups is 1. The quantitative estimate of drug-likeness (QED) is 0.515. The lowest BCUT2D eigenvalue weighted by molar-refractivity contribution is 0.0735. The first kappa shape index (κ1) is 13.7. The van der Waals surface area contributed by atoms with Crippen LogP contribution >= 0.6 is 23.2 Å². The Bertz CT molecular complexity index is 641. The van der Waals surface area contributed by atoms with Crippen molar-refractivity contribution in [3.05, 3.63) is 57.6 Å². The molecule has 0 bridgehead atoms. The number of hydrogen-bond acceptors (Lipinski definition) is 3. The van der Waals surface area contributed by atoms with Crippen LogP contribution in [0.3, 0.4) is 0 Å². The highest BCUT2D eigenvalue weighted by atomic mass is 35.5. The molecule has 0 aliphatic rings. The predicted octanol–water partition coefficient (Wildman–Crippen LogP) is 4.10. The maximum absolute atomic E-state index is 11.9. The molecule has 0 aliphatic carbocycles. The standard InChI is InChI=1S/C14H11Cl2NO2/c1-8-2-3-9(6-13(8)17)14(18)19-10-4-5-11(15)12(16)7-10/h2-7H,17H2,1H3. The second-order valence-corrected chi connectivity index (χ2v) is 4.85. The molecule has 0 aromatic heterocycles. The van der Waals surface area contributed by atoms with E-state index in [9.17, 15) is 4.79 Å². The molecule has 98 valence electrons. The summed E-state index contributed by atoms with van der Waals surface area (Å²) in [6.45, 7) is 1.86. The van der Waals surface area contributed by atoms with Crippen LogP contribution in [-0.2, 0) is 0 Å². The first-order valence-corrected chi connectivity index (χ1v) is 6.26. The van der Waals surface area contributed by atoms with Crippen molar-refractivity contribution in [2.45, 2.75) is 6.92 Å². The van der Waals surface area contributed by atoms with Gasteiger partial charge >= 0.3 is 5.97 Å². The molecule has 3 nitrogen and oxygen atoms in total. The van der Waals surface area contributed by atoms with Crippen LogP contribution in [0.1, 0.15) is 15.9 Å². The highest BCUT2D eigenvalue weighted by Crippen LogP contribution is 2.27. The average molecular weight is 296 g/mol. The Morgan fingerprint density at radius 2 is 1.84 bits per heavy atom. The second kappa shape index (κ2) is 5.51. The smallest absolute Gasteiger partial charge is 0.343 e. The van der Waals surface area contributed by atoms with Crippen LogP contribution in [0.4, 0.5) is 5.69 Å². The van der Waals surface area contributed by atoms with E-state index in [2.05, 4.69) is 0 Å². The molecule has 0 spiro atoms. The lowest BCUT2D eigenvalue weighted by Gasteiger charge is -2.07. The van der Waals surface area contributed by atoms with Gasteiger partial charge in [0.05, 0.1) is 15.6 Å². The summed E-state index contributed by atoms with van der Waals surface area (Å²) in [5, 5.41) is 0.733. The Kier molecular flexibility index (Phi) is 3.98. The van der Waals surface area contributed by atoms with Crippen LogP contribution < -0.4 is 10.5 Å². The maximum atomic E-state index is 11.9. The van der Waals surface area contributed by atoms with Crippen molar-refractivity contribution in [3.63, 3.8) is 0 Å². The summed E-state index contributed by atoms with van der Waals surface area (Å²) in [4.78, 5) is 11.9. The Morgan fingerprint density at radius 1 is 1.11 bits per heavy atom. The number of rotatable bonds is 2. The van der Waals surface area contributed by atoms with E-state index < -0.39 is 5.97 Å². The summed E-state index contributed by atoms with van der Waals surface area (Å²) < 4.78 is 5.19. The number of aryl methyl sites for hydroxylation is 1. The molecule has 2 rings (SSSR count). The number of anilines is 1. The first-order valence-electron chi connectivity index (χ1n) is 5.51. The van der Waals surface area contributed by atoms with Gasteiger partial charge in [0.25, 0.3) is 0 Å². The zero-order valence-electron chi connectivity index (χ0n) is 10.1. The van der Waals surface area contributed by atoms with E-state index in [1.807, 2.05) is 6.92 Å². The third-order valence-electron chi connectivity index (χ3n) is 2.62. The summed E-state index contributed by atoms with van der Waals surface area (Å²) in [6.07, 6.45) is 0. The van der Waals surface area contributed by atoms with Gasteiger partial charge < -0.3 is 10.5 Å². The molecule has 0 unspecified atom stereocenters. The molecule has 0 amide bonds. The number of carbonyl (C=O) groups excluding carboxylic acids is 1. The van der Waals surface area contributed by atoms with Gasteiger partial charge in [-0.15, -0.1) is 0 Å². The van der Waals surface area contributed by atoms with E-state index in [0.717, 1.165) is 5.56 Å². The van der Waals surface area contributed by atoms with Crippen molar-refractivity contribution >= 4 is 34.9 Å². The molecular formula is C14H11Cl2NO2. The number of ether oxygens (including phenoxy) is 1. The summed E-state index contributed by atoms with van der Waals surface area (Å²) in [5.74, 6) is -0.163. The zero-order valence-corrected chi connectivity index (χ0v) is 11.6. The monoisotopic (exact) mass is 295 g/mol. The second-order valence-electron chi connectivity index (χ2n) is 4.04. The molecule has 0 saturated carbocycles. The summed E-state index contributed by atoms with van der Waals surface area (Å²) >= 11 is 11.6. The lowest BCUT2D eigenvalue weighted by Crippen LogP contribution is -2.09. The SMILES string of the molecule is Cc1ccc(C(=O)Oc2ccc(Cl)c(Cl)c2)cc1N. The van der Waals surface area contributed by atoms with Crippen LogP contribution in [0.5, 0.6) is 5.75 Å². The van der Waals surface area contributed by atoms with Gasteiger partial charge in [-0.05, 0) is 36.8 Å². The highest BCUT2D eigenvalue weighted by Gasteiger charge is 2.10. The molecular weight excluding hydrogens is 285 g/mol. The molecule has 0 radical (unpaired) electrons. The predicted molar refractivity (Wildman–Crippen MR) is 77.0 cm³/mol. The molecule has 0 atom stereocenters. The highest BCUT2D eigenvalue weighted by molar-refractivity contribution is 6.42. The Morgan fingerprint density at radius 3 is 2.47 bits per heavy atom. The van der Waals surface area contributed by atoms with E-state index >= 15 is 0 Å². The van der Waals surface area contributed by atoms with Gasteiger partial charge in [-0.3, -0.25) is 0 Å². The molecule has 0 fully saturated rings. The van der Waals surface area contributed by atoms with Gasteiger partial charge in [-0.25, -0.2) is 4.79 Å². The topological polar surface area (TPSA) is 52.3 Å². The van der Waals surface area contributed by atoms with Gasteiger partial charge in [0.15, 0.2) is 0 Å². The summed E-state index contributed by atoms with van der Waals surface area (Å²) in [5.41, 5.74) is 7.59. The molecule has 0 saturated heterocycles. The third-order valence-corrected chi connectivity index (χ3v) is 3.36. The van der Waals surface area contributed by atoms with E-state index in [-0.39, 0.29) is 0 Å². The fourth-order valence-corrected chi connectivity index (χ4v) is 1.76. The molecule has 19 heavy (non-hydrogen) atoms. The van der Waals surface area contributed by atoms with Crippen molar-refractivity contribution in [1.29, 1.82) is 0 Å². The number of nitrogen functional groups attached to an aromatic ring is 1. The molecule has 0 aliphatic heterocycles. The van der Waals surface area contributed by atoms with Gasteiger partial charge in [0.1, 0.15) is 5.75 Å². The molecule has 5 heteroatoms. The van der Waals surface area contributed by atoms with Gasteiger partial charge in [0.2, 0.25) is 0 Å². The summed E-state index contributed by atoms with van der Waals surface area (Å²) in [6, 6.07) is 9.63. The van der Waals surface area contributed by atoms with Crippen molar-refractivity contribution in [2.75, 3.05) is 5.73 Å². The van der Waals surface area contributed by atoms with E-state index in [0.29, 0.717) is 27.0 Å². The number of benzene rings is 2. The molecule has 0 heterocycles. The minimum absolute atomic E-state index is 0.329. The first-order chi connectivity index (χ1) is 8.97. The van der Waals surface area contributed by atoms with Crippen molar-refractivity contribution in [3.8, 4) is 5.75 Å². The Hall–Kier alpha value is -1.71. The Balaban J connectivity index is 2.20. The fourth-order valence-electron chi connectivity index (χ4n) is 1.47. The fraction of sp³-hybridized carbons (Fsp3) is 0.0714. The van der Waals surface area contributed by atoms with Gasteiger partial charge in [-0.2, -0.15) is 0 Å². The van der Waals surface area contributed by atoms with Crippen molar-refractivity contribution in [2.24, 2.45) is 0 Å².